The summed E-state index contributed by atoms with van der Waals surface area (Å²) in [6.45, 7) is 3.82. The smallest absolute Gasteiger partial charge is 0.256 e. The molecule has 3 aliphatic rings. The zero-order chi connectivity index (χ0) is 24.4. The largest absolute Gasteiger partial charge is 0.382 e. The molecule has 10 heteroatoms. The summed E-state index contributed by atoms with van der Waals surface area (Å²) in [4.78, 5) is 26.5. The van der Waals surface area contributed by atoms with Gasteiger partial charge in [0.05, 0.1) is 46.4 Å². The second kappa shape index (κ2) is 7.98. The lowest BCUT2D eigenvalue weighted by molar-refractivity contribution is -0.0568. The van der Waals surface area contributed by atoms with E-state index in [2.05, 4.69) is 27.1 Å². The van der Waals surface area contributed by atoms with Gasteiger partial charge in [0.2, 0.25) is 0 Å². The van der Waals surface area contributed by atoms with Crippen LogP contribution in [0.25, 0.3) is 16.7 Å². The summed E-state index contributed by atoms with van der Waals surface area (Å²) in [6, 6.07) is 7.48. The first-order valence-corrected chi connectivity index (χ1v) is 11.9. The van der Waals surface area contributed by atoms with Crippen molar-refractivity contribution in [2.75, 3.05) is 5.73 Å². The van der Waals surface area contributed by atoms with E-state index in [9.17, 15) is 4.79 Å². The molecule has 2 atom stereocenters. The van der Waals surface area contributed by atoms with E-state index in [4.69, 9.17) is 17.3 Å². The molecule has 178 valence electrons. The van der Waals surface area contributed by atoms with Gasteiger partial charge in [-0.1, -0.05) is 18.5 Å². The Morgan fingerprint density at radius 1 is 1.14 bits per heavy atom. The van der Waals surface area contributed by atoms with Gasteiger partial charge in [-0.3, -0.25) is 4.79 Å². The van der Waals surface area contributed by atoms with Crippen LogP contribution in [0.3, 0.4) is 0 Å². The van der Waals surface area contributed by atoms with Gasteiger partial charge in [-0.2, -0.15) is 15.0 Å². The van der Waals surface area contributed by atoms with Crippen LogP contribution in [0.4, 0.5) is 10.2 Å². The van der Waals surface area contributed by atoms with Crippen LogP contribution in [0.2, 0.25) is 5.02 Å². The molecule has 1 saturated carbocycles. The molecule has 7 rings (SSSR count). The first-order chi connectivity index (χ1) is 16.8. The van der Waals surface area contributed by atoms with Crippen LogP contribution in [0.5, 0.6) is 0 Å². The Bertz CT molecular complexity index is 1470. The fourth-order valence-corrected chi connectivity index (χ4v) is 5.72. The molecule has 0 radical (unpaired) electrons. The maximum atomic E-state index is 15.6. The lowest BCUT2D eigenvalue weighted by atomic mass is 9.63. The number of nitrogens with zero attached hydrogens (tertiary/aromatic N) is 6. The molecule has 1 aliphatic carbocycles. The Morgan fingerprint density at radius 2 is 1.89 bits per heavy atom. The number of halogens is 2. The van der Waals surface area contributed by atoms with Crippen molar-refractivity contribution in [1.29, 1.82) is 0 Å². The number of amides is 1. The number of hydrogen-bond acceptors (Lipinski definition) is 6. The predicted octanol–water partition coefficient (Wildman–Crippen LogP) is 4.51. The second-order valence-electron chi connectivity index (χ2n) is 9.40. The van der Waals surface area contributed by atoms with Crippen LogP contribution in [0.1, 0.15) is 47.4 Å². The van der Waals surface area contributed by atoms with E-state index in [1.807, 2.05) is 4.90 Å². The van der Waals surface area contributed by atoms with Gasteiger partial charge in [-0.15, -0.1) is 0 Å². The van der Waals surface area contributed by atoms with Gasteiger partial charge in [0.1, 0.15) is 11.6 Å². The van der Waals surface area contributed by atoms with E-state index in [1.165, 1.54) is 10.9 Å². The number of carbonyl (C=O) groups is 1. The van der Waals surface area contributed by atoms with Crippen LogP contribution in [0, 0.1) is 24.6 Å². The topological polar surface area (TPSA) is 103 Å². The Labute approximate surface area is 205 Å². The Hall–Kier alpha value is -3.59. The zero-order valence-corrected chi connectivity index (χ0v) is 19.9. The molecule has 2 saturated heterocycles. The number of hydrogen-bond donors (Lipinski definition) is 1. The molecule has 2 aromatic heterocycles. The molecule has 2 aliphatic heterocycles. The molecule has 35 heavy (non-hydrogen) atoms. The van der Waals surface area contributed by atoms with E-state index in [0.717, 1.165) is 12.8 Å². The highest BCUT2D eigenvalue weighted by Gasteiger charge is 2.52. The third-order valence-electron chi connectivity index (χ3n) is 7.47. The highest BCUT2D eigenvalue weighted by molar-refractivity contribution is 6.31. The van der Waals surface area contributed by atoms with E-state index < -0.39 is 11.9 Å². The molecular formula is C25H23ClFN7O. The molecule has 0 unspecified atom stereocenters. The first-order valence-electron chi connectivity index (χ1n) is 11.5. The van der Waals surface area contributed by atoms with E-state index in [0.29, 0.717) is 50.3 Å². The quantitative estimate of drug-likeness (QED) is 0.452. The third-order valence-corrected chi connectivity index (χ3v) is 7.71. The van der Waals surface area contributed by atoms with Gasteiger partial charge in [-0.25, -0.2) is 14.4 Å². The summed E-state index contributed by atoms with van der Waals surface area (Å²) < 4.78 is 15.6. The fourth-order valence-electron chi connectivity index (χ4n) is 5.55. The number of rotatable bonds is 3. The Morgan fingerprint density at radius 3 is 2.63 bits per heavy atom. The van der Waals surface area contributed by atoms with Crippen LogP contribution < -0.4 is 5.73 Å². The van der Waals surface area contributed by atoms with E-state index in [-0.39, 0.29) is 17.9 Å². The average molecular weight is 492 g/mol. The minimum Gasteiger partial charge on any atom is -0.382 e. The summed E-state index contributed by atoms with van der Waals surface area (Å²) >= 11 is 6.31. The van der Waals surface area contributed by atoms with Gasteiger partial charge in [0.15, 0.2) is 0 Å². The lowest BCUT2D eigenvalue weighted by Gasteiger charge is -2.57. The number of aromatic nitrogens is 5. The maximum absolute atomic E-state index is 15.6. The summed E-state index contributed by atoms with van der Waals surface area (Å²) in [5.41, 5.74) is 8.71. The summed E-state index contributed by atoms with van der Waals surface area (Å²) in [5, 5.41) is 8.82. The molecular weight excluding hydrogens is 469 g/mol. The number of nitrogens with two attached hydrogens (primary N) is 1. The van der Waals surface area contributed by atoms with Crippen LogP contribution >= 0.6 is 11.6 Å². The average Bonchev–Trinajstić information content (AvgIpc) is 3.34. The normalized spacial score (nSPS) is 23.4. The van der Waals surface area contributed by atoms with Crippen molar-refractivity contribution in [1.82, 2.24) is 29.9 Å². The molecule has 0 spiro atoms. The number of piperidine rings is 2. The van der Waals surface area contributed by atoms with Crippen molar-refractivity contribution in [3.8, 4) is 5.69 Å². The van der Waals surface area contributed by atoms with Crippen LogP contribution in [-0.4, -0.2) is 41.8 Å². The van der Waals surface area contributed by atoms with E-state index >= 15 is 4.39 Å². The standard InChI is InChI=1S/C25H23ClFN7O/c1-12-14-9-16(10-14)33(25(35)17-11-15(26)3-6-20(17)34-29-7-8-30-34)23(12)21-18(27)4-5-19-22(21)31-13(2)24(28)32-19/h3-8,11-12,14,16,23H,9-10H2,1-2H3,(H2,28,32)/t12-,14?,16?,23+/m1/s1. The first kappa shape index (κ1) is 21.9. The Kier molecular flexibility index (Phi) is 5.00. The van der Waals surface area contributed by atoms with Gasteiger partial charge >= 0.3 is 0 Å². The minimum atomic E-state index is -0.515. The molecule has 1 amide bonds. The van der Waals surface area contributed by atoms with Crippen molar-refractivity contribution >= 4 is 34.4 Å². The van der Waals surface area contributed by atoms with Gasteiger partial charge in [0.25, 0.3) is 5.91 Å². The molecule has 4 aromatic rings. The summed E-state index contributed by atoms with van der Waals surface area (Å²) in [5.74, 6) is 0.0773. The van der Waals surface area contributed by atoms with Crippen molar-refractivity contribution in [2.24, 2.45) is 11.8 Å². The number of fused-ring (bicyclic) bond motifs is 3. The second-order valence-corrected chi connectivity index (χ2v) is 9.84. The van der Waals surface area contributed by atoms with Crippen molar-refractivity contribution < 1.29 is 9.18 Å². The summed E-state index contributed by atoms with van der Waals surface area (Å²) in [7, 11) is 0. The number of nitrogen functional groups attached to an aromatic ring is 1. The van der Waals surface area contributed by atoms with Crippen LogP contribution in [0.15, 0.2) is 42.7 Å². The van der Waals surface area contributed by atoms with Gasteiger partial charge < -0.3 is 10.6 Å². The number of carbonyl (C=O) groups excluding carboxylic acids is 1. The molecule has 2 bridgehead atoms. The van der Waals surface area contributed by atoms with Crippen molar-refractivity contribution in [3.05, 3.63) is 70.4 Å². The molecule has 8 nitrogen and oxygen atoms in total. The van der Waals surface area contributed by atoms with Crippen molar-refractivity contribution in [2.45, 2.75) is 38.8 Å². The Balaban J connectivity index is 1.53. The maximum Gasteiger partial charge on any atom is 0.256 e. The SMILES string of the molecule is Cc1nc2c([C@@H]3[C@H](C)C4CC(C4)N3C(=O)c3cc(Cl)ccc3-n3nccn3)c(F)ccc2nc1N. The van der Waals surface area contributed by atoms with Gasteiger partial charge in [-0.05, 0) is 61.9 Å². The number of anilines is 1. The predicted molar refractivity (Wildman–Crippen MR) is 130 cm³/mol. The lowest BCUT2D eigenvalue weighted by Crippen LogP contribution is -2.59. The van der Waals surface area contributed by atoms with E-state index in [1.54, 1.807) is 43.6 Å². The minimum absolute atomic E-state index is 0.0105. The monoisotopic (exact) mass is 491 g/mol. The van der Waals surface area contributed by atoms with Crippen molar-refractivity contribution in [3.63, 3.8) is 0 Å². The molecule has 2 N–H and O–H groups in total. The highest BCUT2D eigenvalue weighted by atomic mass is 35.5. The number of benzene rings is 2. The number of aryl methyl sites for hydroxylation is 1. The third kappa shape index (κ3) is 3.36. The fraction of sp³-hybridized carbons (Fsp3) is 0.320. The zero-order valence-electron chi connectivity index (χ0n) is 19.2. The highest BCUT2D eigenvalue weighted by Crippen LogP contribution is 2.54. The molecule has 2 aromatic carbocycles. The summed E-state index contributed by atoms with van der Waals surface area (Å²) in [6.07, 6.45) is 4.85. The van der Waals surface area contributed by atoms with Gasteiger partial charge in [0, 0.05) is 16.6 Å². The molecule has 4 heterocycles. The van der Waals surface area contributed by atoms with Crippen LogP contribution in [-0.2, 0) is 0 Å². The molecule has 3 fully saturated rings.